The zero-order chi connectivity index (χ0) is 56.0. The summed E-state index contributed by atoms with van der Waals surface area (Å²) in [7, 11) is 5.33. The highest BCUT2D eigenvalue weighted by molar-refractivity contribution is 6.60. The number of fused-ring (bicyclic) bond motifs is 6. The first-order chi connectivity index (χ1) is 37.2. The number of aryl methyl sites for hydroxylation is 2. The molecule has 13 nitrogen and oxygen atoms in total. The molecule has 2 aromatic carbocycles. The van der Waals surface area contributed by atoms with Gasteiger partial charge in [0, 0.05) is 35.1 Å². The Morgan fingerprint density at radius 1 is 0.756 bits per heavy atom. The number of nitrogen functional groups attached to an aromatic ring is 1. The summed E-state index contributed by atoms with van der Waals surface area (Å²) >= 11 is 0. The van der Waals surface area contributed by atoms with E-state index in [-0.39, 0.29) is 42.1 Å². The topological polar surface area (TPSA) is 203 Å². The second-order valence-electron chi connectivity index (χ2n) is 21.4. The molecule has 9 rings (SSSR count). The van der Waals surface area contributed by atoms with Gasteiger partial charge in [0.15, 0.2) is 11.6 Å². The van der Waals surface area contributed by atoms with Crippen molar-refractivity contribution in [3.05, 3.63) is 142 Å². The minimum atomic E-state index is -1.17. The molecule has 4 atom stereocenters. The minimum absolute atomic E-state index is 0.0207. The second-order valence-corrected chi connectivity index (χ2v) is 21.4. The zero-order valence-corrected chi connectivity index (χ0v) is 45.4. The van der Waals surface area contributed by atoms with Crippen molar-refractivity contribution in [3.63, 3.8) is 0 Å². The molecule has 5 heterocycles. The molecule has 406 valence electrons. The number of nitrogens with zero attached hydrogens (tertiary/aromatic N) is 4. The van der Waals surface area contributed by atoms with Crippen LogP contribution < -0.4 is 11.1 Å². The number of halogens is 2. The SMILES string of the molecule is CC(C)c1nc2c(c(-c3ccc(F)cc3)c1/C=C/[C@@H](O)C[C@@H](O)CC(=O)O)CCCc1nc(N)ccc1-2.[B]C(=O)Nc1ccc2c(n1)CCCc1c-2nc(C(C)C)c(/C=C/[C@@H]2C[C@H](CC)OC(C)(C)O2)c1-c1ccc(F)cc1. The van der Waals surface area contributed by atoms with Crippen LogP contribution in [0.25, 0.3) is 56.9 Å². The Kier molecular flexibility index (Phi) is 18.2. The number of carbonyl (C=O) groups excluding carboxylic acids is 1. The van der Waals surface area contributed by atoms with Crippen molar-refractivity contribution in [2.24, 2.45) is 0 Å². The number of carbonyl (C=O) groups is 2. The van der Waals surface area contributed by atoms with Gasteiger partial charge in [0.05, 0.1) is 65.0 Å². The molecular formula is C62H69BF2N6O7. The van der Waals surface area contributed by atoms with Gasteiger partial charge in [-0.3, -0.25) is 19.6 Å². The van der Waals surface area contributed by atoms with E-state index in [4.69, 9.17) is 43.1 Å². The van der Waals surface area contributed by atoms with Crippen LogP contribution in [0.15, 0.2) is 84.9 Å². The highest BCUT2D eigenvalue weighted by Crippen LogP contribution is 2.44. The fraction of sp³-hybridized carbons (Fsp3) is 0.387. The minimum Gasteiger partial charge on any atom is -0.481 e. The van der Waals surface area contributed by atoms with Gasteiger partial charge in [0.25, 0.3) is 0 Å². The van der Waals surface area contributed by atoms with Gasteiger partial charge in [-0.05, 0) is 153 Å². The van der Waals surface area contributed by atoms with Gasteiger partial charge in [0.2, 0.25) is 7.85 Å². The molecular weight excluding hydrogens is 990 g/mol. The third-order valence-electron chi connectivity index (χ3n) is 14.2. The number of rotatable bonds is 14. The number of pyridine rings is 4. The van der Waals surface area contributed by atoms with Gasteiger partial charge < -0.3 is 35.8 Å². The number of anilines is 2. The number of nitrogens with one attached hydrogen (secondary N) is 1. The number of amides is 1. The van der Waals surface area contributed by atoms with Crippen molar-refractivity contribution in [3.8, 4) is 44.8 Å². The Bertz CT molecular complexity index is 3220. The normalized spacial score (nSPS) is 17.5. The summed E-state index contributed by atoms with van der Waals surface area (Å²) in [5, 5.41) is 32.0. The number of nitrogens with two attached hydrogens (primary N) is 1. The van der Waals surface area contributed by atoms with Crippen LogP contribution in [0.4, 0.5) is 25.2 Å². The van der Waals surface area contributed by atoms with Crippen molar-refractivity contribution in [2.75, 3.05) is 11.1 Å². The summed E-state index contributed by atoms with van der Waals surface area (Å²) in [6, 6.07) is 20.5. The predicted octanol–water partition coefficient (Wildman–Crippen LogP) is 12.3. The Morgan fingerprint density at radius 3 is 1.79 bits per heavy atom. The van der Waals surface area contributed by atoms with E-state index in [0.29, 0.717) is 11.6 Å². The summed E-state index contributed by atoms with van der Waals surface area (Å²) in [5.74, 6) is -2.03. The Balaban J connectivity index is 0.000000207. The maximum atomic E-state index is 14.1. The Morgan fingerprint density at radius 2 is 1.28 bits per heavy atom. The third-order valence-corrected chi connectivity index (χ3v) is 14.2. The molecule has 16 heteroatoms. The number of benzene rings is 2. The van der Waals surface area contributed by atoms with E-state index in [2.05, 4.69) is 43.2 Å². The number of carboxylic acid groups (broad SMARTS) is 1. The molecule has 2 radical (unpaired) electrons. The standard InChI is InChI=1S/C33H37BFN3O3.C29H32FN3O4/c1-6-22-18-23(41-33(4,5)40-22)14-15-26-29(20-10-12-21(35)13-11-20)25-8-7-9-27-24(31(25)38-30(26)19(2)3)16-17-28(36-27)37-32(34)39;1-16(2)28-23(11-10-19(34)14-20(35)15-26(36)37)27(17-6-8-18(30)9-7-17)22-4-3-5-24-21(29(22)33-28)12-13-25(31)32-24/h10-17,19,22-23H,6-9,18H2,1-5H3,(H,36,37,39);6-13,16,19-20,34-35H,3-5,14-15H2,1-2H3,(H2,31,32)(H,36,37)/b15-14+;11-10+/t22-,23+;19-,20-/m01/s1. The average molecular weight is 1060 g/mol. The number of hydrogen-bond donors (Lipinski definition) is 5. The van der Waals surface area contributed by atoms with Crippen LogP contribution in [0.3, 0.4) is 0 Å². The van der Waals surface area contributed by atoms with Crippen LogP contribution >= 0.6 is 0 Å². The number of aliphatic hydroxyl groups is 2. The van der Waals surface area contributed by atoms with E-state index in [1.807, 2.05) is 52.0 Å². The third kappa shape index (κ3) is 13.6. The van der Waals surface area contributed by atoms with Gasteiger partial charge in [-0.15, -0.1) is 0 Å². The van der Waals surface area contributed by atoms with Crippen LogP contribution in [0.5, 0.6) is 0 Å². The van der Waals surface area contributed by atoms with E-state index >= 15 is 0 Å². The van der Waals surface area contributed by atoms with Crippen molar-refractivity contribution in [2.45, 2.75) is 155 Å². The van der Waals surface area contributed by atoms with Gasteiger partial charge in [0.1, 0.15) is 23.3 Å². The zero-order valence-electron chi connectivity index (χ0n) is 45.4. The predicted molar refractivity (Wildman–Crippen MR) is 303 cm³/mol. The molecule has 6 N–H and O–H groups in total. The van der Waals surface area contributed by atoms with Crippen LogP contribution in [0, 0.1) is 11.6 Å². The average Bonchev–Trinajstić information content (AvgIpc) is 3.76. The molecule has 78 heavy (non-hydrogen) atoms. The molecule has 1 aliphatic heterocycles. The van der Waals surface area contributed by atoms with Crippen LogP contribution in [-0.2, 0) is 40.0 Å². The number of carboxylic acids is 1. The first-order valence-electron chi connectivity index (χ1n) is 27.0. The number of aliphatic carboxylic acids is 1. The number of hydrogen-bond acceptors (Lipinski definition) is 11. The molecule has 4 aromatic heterocycles. The second kappa shape index (κ2) is 24.8. The fourth-order valence-electron chi connectivity index (χ4n) is 10.8. The first kappa shape index (κ1) is 57.2. The Hall–Kier alpha value is -6.98. The van der Waals surface area contributed by atoms with Gasteiger partial charge in [-0.25, -0.2) is 18.7 Å². The molecule has 0 unspecified atom stereocenters. The van der Waals surface area contributed by atoms with Crippen LogP contribution in [0.1, 0.15) is 144 Å². The lowest BCUT2D eigenvalue weighted by Gasteiger charge is -2.39. The fourth-order valence-corrected chi connectivity index (χ4v) is 10.8. The summed E-state index contributed by atoms with van der Waals surface area (Å²) in [5.41, 5.74) is 20.8. The summed E-state index contributed by atoms with van der Waals surface area (Å²) in [4.78, 5) is 42.0. The van der Waals surface area contributed by atoms with E-state index < -0.39 is 36.2 Å². The van der Waals surface area contributed by atoms with Crippen molar-refractivity contribution in [1.29, 1.82) is 0 Å². The molecule has 6 aromatic rings. The van der Waals surface area contributed by atoms with E-state index in [9.17, 15) is 28.6 Å². The van der Waals surface area contributed by atoms with Crippen LogP contribution in [0.2, 0.25) is 0 Å². The number of ether oxygens (including phenoxy) is 2. The maximum Gasteiger partial charge on any atom is 0.305 e. The molecule has 2 aliphatic carbocycles. The highest BCUT2D eigenvalue weighted by Gasteiger charge is 2.34. The Labute approximate surface area is 456 Å². The highest BCUT2D eigenvalue weighted by atomic mass is 19.1. The van der Waals surface area contributed by atoms with Crippen molar-refractivity contribution >= 4 is 43.4 Å². The van der Waals surface area contributed by atoms with Crippen molar-refractivity contribution < 1.29 is 43.2 Å². The lowest BCUT2D eigenvalue weighted by Crippen LogP contribution is -2.43. The number of aromatic nitrogens is 4. The molecule has 0 saturated carbocycles. The first-order valence-corrected chi connectivity index (χ1v) is 27.0. The van der Waals surface area contributed by atoms with Gasteiger partial charge >= 0.3 is 5.97 Å². The molecule has 0 spiro atoms. The molecule has 1 amide bonds. The largest absolute Gasteiger partial charge is 0.481 e. The lowest BCUT2D eigenvalue weighted by molar-refractivity contribution is -0.290. The number of aliphatic hydroxyl groups excluding tert-OH is 2. The monoisotopic (exact) mass is 1060 g/mol. The summed E-state index contributed by atoms with van der Waals surface area (Å²) in [6.45, 7) is 14.4. The van der Waals surface area contributed by atoms with Gasteiger partial charge in [-0.2, -0.15) is 0 Å². The van der Waals surface area contributed by atoms with Gasteiger partial charge in [-0.1, -0.05) is 83.2 Å². The quantitative estimate of drug-likeness (QED) is 0.0647. The smallest absolute Gasteiger partial charge is 0.305 e. The van der Waals surface area contributed by atoms with Crippen LogP contribution in [-0.4, -0.2) is 85.1 Å². The van der Waals surface area contributed by atoms with E-state index in [1.165, 1.54) is 24.3 Å². The maximum absolute atomic E-state index is 14.1. The summed E-state index contributed by atoms with van der Waals surface area (Å²) < 4.78 is 40.3. The van der Waals surface area contributed by atoms with Crippen molar-refractivity contribution in [1.82, 2.24) is 19.9 Å². The molecule has 3 aliphatic rings. The van der Waals surface area contributed by atoms with E-state index in [0.717, 1.165) is 141 Å². The molecule has 1 fully saturated rings. The molecule has 0 bridgehead atoms. The summed E-state index contributed by atoms with van der Waals surface area (Å²) in [6.07, 6.45) is 11.2. The molecule has 1 saturated heterocycles. The lowest BCUT2D eigenvalue weighted by atomic mass is 9.86. The van der Waals surface area contributed by atoms with E-state index in [1.54, 1.807) is 36.4 Å².